The second-order valence-electron chi connectivity index (χ2n) is 4.88. The largest absolute Gasteiger partial charge is 0.372 e. The van der Waals surface area contributed by atoms with Crippen LogP contribution in [0, 0.1) is 5.92 Å². The van der Waals surface area contributed by atoms with E-state index in [2.05, 4.69) is 17.7 Å². The third-order valence-corrected chi connectivity index (χ3v) is 3.53. The van der Waals surface area contributed by atoms with Crippen molar-refractivity contribution in [3.63, 3.8) is 0 Å². The van der Waals surface area contributed by atoms with Gasteiger partial charge in [0.25, 0.3) is 0 Å². The second-order valence-corrected chi connectivity index (χ2v) is 4.88. The Hall–Kier alpha value is -0.830. The van der Waals surface area contributed by atoms with Crippen molar-refractivity contribution in [2.75, 3.05) is 6.61 Å². The fourth-order valence-electron chi connectivity index (χ4n) is 2.57. The molecule has 0 aromatic carbocycles. The van der Waals surface area contributed by atoms with Gasteiger partial charge in [0.05, 0.1) is 5.69 Å². The lowest BCUT2D eigenvalue weighted by Crippen LogP contribution is -2.16. The molecule has 1 aromatic heterocycles. The number of ether oxygens (including phenoxy) is 1. The summed E-state index contributed by atoms with van der Waals surface area (Å²) in [7, 11) is 0. The van der Waals surface area contributed by atoms with Gasteiger partial charge in [-0.3, -0.25) is 0 Å². The molecule has 3 heterocycles. The molecule has 3 heteroatoms. The summed E-state index contributed by atoms with van der Waals surface area (Å²) >= 11 is 0. The monoisotopic (exact) mass is 206 g/mol. The molecule has 0 spiro atoms. The molecule has 2 aliphatic rings. The van der Waals surface area contributed by atoms with E-state index in [9.17, 15) is 0 Å². The van der Waals surface area contributed by atoms with Crippen LogP contribution in [-0.2, 0) is 17.7 Å². The van der Waals surface area contributed by atoms with Crippen molar-refractivity contribution in [1.29, 1.82) is 0 Å². The summed E-state index contributed by atoms with van der Waals surface area (Å²) in [6, 6.07) is 0. The van der Waals surface area contributed by atoms with Crippen LogP contribution in [0.3, 0.4) is 0 Å². The summed E-state index contributed by atoms with van der Waals surface area (Å²) in [5.74, 6) is 2.05. The normalized spacial score (nSPS) is 30.5. The molecule has 0 radical (unpaired) electrons. The van der Waals surface area contributed by atoms with E-state index >= 15 is 0 Å². The number of aryl methyl sites for hydroxylation is 1. The molecule has 15 heavy (non-hydrogen) atoms. The zero-order chi connectivity index (χ0) is 10.3. The molecule has 82 valence electrons. The van der Waals surface area contributed by atoms with E-state index in [1.165, 1.54) is 18.7 Å². The van der Waals surface area contributed by atoms with E-state index in [0.717, 1.165) is 37.6 Å². The van der Waals surface area contributed by atoms with Crippen LogP contribution >= 0.6 is 0 Å². The molecule has 3 nitrogen and oxygen atoms in total. The van der Waals surface area contributed by atoms with Crippen LogP contribution in [0.15, 0.2) is 6.20 Å². The van der Waals surface area contributed by atoms with Gasteiger partial charge >= 0.3 is 0 Å². The van der Waals surface area contributed by atoms with Gasteiger partial charge in [0, 0.05) is 25.8 Å². The summed E-state index contributed by atoms with van der Waals surface area (Å²) in [6.07, 6.45) is 7.23. The molecule has 0 bridgehead atoms. The van der Waals surface area contributed by atoms with Gasteiger partial charge in [0.2, 0.25) is 0 Å². The minimum Gasteiger partial charge on any atom is -0.372 e. The highest BCUT2D eigenvalue weighted by molar-refractivity contribution is 5.10. The number of hydrogen-bond donors (Lipinski definition) is 0. The Morgan fingerprint density at radius 1 is 1.47 bits per heavy atom. The Morgan fingerprint density at radius 3 is 3.20 bits per heavy atom. The number of aromatic nitrogens is 2. The van der Waals surface area contributed by atoms with Crippen molar-refractivity contribution < 1.29 is 4.74 Å². The number of fused-ring (bicyclic) bond motifs is 1. The van der Waals surface area contributed by atoms with Gasteiger partial charge in [0.15, 0.2) is 0 Å². The first kappa shape index (κ1) is 9.40. The summed E-state index contributed by atoms with van der Waals surface area (Å²) in [4.78, 5) is 4.72. The molecule has 0 aliphatic carbocycles. The lowest BCUT2D eigenvalue weighted by molar-refractivity contribution is 0.109. The van der Waals surface area contributed by atoms with E-state index in [1.54, 1.807) is 0 Å². The average Bonchev–Trinajstić information content (AvgIpc) is 2.84. The lowest BCUT2D eigenvalue weighted by Gasteiger charge is -2.18. The fourth-order valence-corrected chi connectivity index (χ4v) is 2.57. The Kier molecular flexibility index (Phi) is 2.28. The summed E-state index contributed by atoms with van der Waals surface area (Å²) in [5, 5.41) is 0. The highest BCUT2D eigenvalue weighted by Crippen LogP contribution is 2.29. The second kappa shape index (κ2) is 3.63. The molecule has 0 amide bonds. The maximum absolute atomic E-state index is 5.67. The predicted molar refractivity (Wildman–Crippen MR) is 57.6 cm³/mol. The van der Waals surface area contributed by atoms with E-state index < -0.39 is 0 Å². The topological polar surface area (TPSA) is 27.1 Å². The van der Waals surface area contributed by atoms with Gasteiger partial charge in [-0.2, -0.15) is 0 Å². The van der Waals surface area contributed by atoms with E-state index in [0.29, 0.717) is 0 Å². The first-order chi connectivity index (χ1) is 7.33. The Balaban J connectivity index is 1.85. The van der Waals surface area contributed by atoms with Crippen LogP contribution < -0.4 is 0 Å². The van der Waals surface area contributed by atoms with Crippen molar-refractivity contribution in [3.8, 4) is 0 Å². The van der Waals surface area contributed by atoms with Crippen LogP contribution in [0.1, 0.15) is 43.8 Å². The zero-order valence-corrected chi connectivity index (χ0v) is 9.28. The molecule has 0 N–H and O–H groups in total. The summed E-state index contributed by atoms with van der Waals surface area (Å²) in [6.45, 7) is 4.35. The van der Waals surface area contributed by atoms with Crippen LogP contribution in [0.5, 0.6) is 0 Å². The van der Waals surface area contributed by atoms with Crippen LogP contribution in [0.2, 0.25) is 0 Å². The van der Waals surface area contributed by atoms with Crippen molar-refractivity contribution in [2.45, 2.75) is 45.3 Å². The van der Waals surface area contributed by atoms with Crippen LogP contribution in [0.25, 0.3) is 0 Å². The molecule has 3 rings (SSSR count). The van der Waals surface area contributed by atoms with Gasteiger partial charge in [0.1, 0.15) is 11.9 Å². The highest BCUT2D eigenvalue weighted by atomic mass is 16.5. The zero-order valence-electron chi connectivity index (χ0n) is 9.28. The van der Waals surface area contributed by atoms with Crippen LogP contribution in [-0.4, -0.2) is 16.2 Å². The lowest BCUT2D eigenvalue weighted by atomic mass is 10.0. The molecular weight excluding hydrogens is 188 g/mol. The third-order valence-electron chi connectivity index (χ3n) is 3.53. The molecule has 1 aromatic rings. The van der Waals surface area contributed by atoms with Crippen LogP contribution in [0.4, 0.5) is 0 Å². The summed E-state index contributed by atoms with van der Waals surface area (Å²) < 4.78 is 7.98. The molecule has 1 fully saturated rings. The Labute approximate surface area is 90.5 Å². The van der Waals surface area contributed by atoms with Gasteiger partial charge < -0.3 is 9.30 Å². The average molecular weight is 206 g/mol. The fraction of sp³-hybridized carbons (Fsp3) is 0.750. The smallest absolute Gasteiger partial charge is 0.109 e. The quantitative estimate of drug-likeness (QED) is 0.705. The van der Waals surface area contributed by atoms with Crippen molar-refractivity contribution >= 4 is 0 Å². The van der Waals surface area contributed by atoms with Gasteiger partial charge in [-0.05, 0) is 25.2 Å². The first-order valence-electron chi connectivity index (χ1n) is 6.00. The van der Waals surface area contributed by atoms with Crippen molar-refractivity contribution in [3.05, 3.63) is 17.7 Å². The Morgan fingerprint density at radius 2 is 2.40 bits per heavy atom. The minimum atomic E-state index is 0.276. The van der Waals surface area contributed by atoms with Gasteiger partial charge in [-0.1, -0.05) is 6.92 Å². The van der Waals surface area contributed by atoms with E-state index in [-0.39, 0.29) is 6.10 Å². The number of nitrogens with zero attached hydrogens (tertiary/aromatic N) is 2. The molecule has 0 saturated carbocycles. The number of imidazole rings is 1. The van der Waals surface area contributed by atoms with Crippen molar-refractivity contribution in [2.24, 2.45) is 5.92 Å². The van der Waals surface area contributed by atoms with Gasteiger partial charge in [-0.25, -0.2) is 4.98 Å². The molecule has 2 unspecified atom stereocenters. The molecule has 2 aliphatic heterocycles. The molecular formula is C12H18N2O. The number of hydrogen-bond acceptors (Lipinski definition) is 2. The summed E-state index contributed by atoms with van der Waals surface area (Å²) in [5.41, 5.74) is 1.16. The maximum atomic E-state index is 5.67. The highest BCUT2D eigenvalue weighted by Gasteiger charge is 2.24. The molecule has 2 atom stereocenters. The maximum Gasteiger partial charge on any atom is 0.109 e. The Bertz CT molecular complexity index is 353. The number of rotatable bonds is 1. The molecule has 1 saturated heterocycles. The minimum absolute atomic E-state index is 0.276. The first-order valence-corrected chi connectivity index (χ1v) is 6.00. The SMILES string of the molecule is CC1CCn2cc(C3CCCO3)nc2C1. The van der Waals surface area contributed by atoms with E-state index in [1.807, 2.05) is 0 Å². The van der Waals surface area contributed by atoms with Gasteiger partial charge in [-0.15, -0.1) is 0 Å². The standard InChI is InChI=1S/C12H18N2O/c1-9-4-5-14-8-10(13-12(14)7-9)11-3-2-6-15-11/h8-9,11H,2-7H2,1H3. The van der Waals surface area contributed by atoms with Crippen molar-refractivity contribution in [1.82, 2.24) is 9.55 Å². The third kappa shape index (κ3) is 1.69. The predicted octanol–water partition coefficient (Wildman–Crippen LogP) is 2.32. The van der Waals surface area contributed by atoms with E-state index in [4.69, 9.17) is 9.72 Å².